The van der Waals surface area contributed by atoms with Crippen molar-refractivity contribution in [3.05, 3.63) is 35.9 Å². The van der Waals surface area contributed by atoms with E-state index in [1.54, 1.807) is 0 Å². The number of aliphatic hydroxyl groups is 1. The van der Waals surface area contributed by atoms with Gasteiger partial charge < -0.3 is 9.84 Å². The molecule has 0 saturated carbocycles. The molecule has 15 heavy (non-hydrogen) atoms. The zero-order chi connectivity index (χ0) is 11.3. The lowest BCUT2D eigenvalue weighted by molar-refractivity contribution is -0.145. The average Bonchev–Trinajstić information content (AvgIpc) is 2.30. The minimum absolute atomic E-state index is 0.393. The second-order valence-electron chi connectivity index (χ2n) is 3.39. The Morgan fingerprint density at radius 1 is 1.40 bits per heavy atom. The second kappa shape index (κ2) is 5.51. The standard InChI is InChI=1S/C12H16O3/c1-3-10(13)11(12(14)15-2)9-7-5-4-6-8-9/h4-8,10-11,13H,3H2,1-2H3/t10-,11-/m1/s1. The van der Waals surface area contributed by atoms with Crippen molar-refractivity contribution in [1.82, 2.24) is 0 Å². The molecule has 1 N–H and O–H groups in total. The Morgan fingerprint density at radius 3 is 2.47 bits per heavy atom. The predicted molar refractivity (Wildman–Crippen MR) is 57.5 cm³/mol. The molecule has 0 saturated heterocycles. The number of methoxy groups -OCH3 is 1. The van der Waals surface area contributed by atoms with E-state index in [4.69, 9.17) is 4.74 Å². The molecule has 82 valence electrons. The van der Waals surface area contributed by atoms with Crippen LogP contribution in [0.3, 0.4) is 0 Å². The Bertz CT molecular complexity index is 308. The minimum atomic E-state index is -0.695. The van der Waals surface area contributed by atoms with Gasteiger partial charge in [0.2, 0.25) is 0 Å². The highest BCUT2D eigenvalue weighted by Crippen LogP contribution is 2.22. The summed E-state index contributed by atoms with van der Waals surface area (Å²) in [6.07, 6.45) is -0.172. The van der Waals surface area contributed by atoms with Crippen LogP contribution in [-0.2, 0) is 9.53 Å². The van der Waals surface area contributed by atoms with Crippen molar-refractivity contribution in [2.75, 3.05) is 7.11 Å². The highest BCUT2D eigenvalue weighted by molar-refractivity contribution is 5.78. The topological polar surface area (TPSA) is 46.5 Å². The molecule has 0 spiro atoms. The fraction of sp³-hybridized carbons (Fsp3) is 0.417. The SMILES string of the molecule is CC[C@@H](O)[C@H](C(=O)OC)c1ccccc1. The van der Waals surface area contributed by atoms with Crippen molar-refractivity contribution < 1.29 is 14.6 Å². The van der Waals surface area contributed by atoms with Crippen molar-refractivity contribution >= 4 is 5.97 Å². The number of hydrogen-bond acceptors (Lipinski definition) is 3. The van der Waals surface area contributed by atoms with Gasteiger partial charge in [0.25, 0.3) is 0 Å². The van der Waals surface area contributed by atoms with Crippen LogP contribution in [-0.4, -0.2) is 24.3 Å². The number of aliphatic hydroxyl groups excluding tert-OH is 1. The molecule has 0 fully saturated rings. The molecule has 3 heteroatoms. The van der Waals surface area contributed by atoms with E-state index in [1.807, 2.05) is 37.3 Å². The molecule has 0 aliphatic carbocycles. The van der Waals surface area contributed by atoms with Gasteiger partial charge in [-0.1, -0.05) is 37.3 Å². The minimum Gasteiger partial charge on any atom is -0.468 e. The Labute approximate surface area is 89.7 Å². The van der Waals surface area contributed by atoms with Gasteiger partial charge in [-0.15, -0.1) is 0 Å². The fourth-order valence-electron chi connectivity index (χ4n) is 1.54. The van der Waals surface area contributed by atoms with Crippen molar-refractivity contribution in [3.8, 4) is 0 Å². The monoisotopic (exact) mass is 208 g/mol. The Hall–Kier alpha value is -1.35. The molecule has 0 amide bonds. The lowest BCUT2D eigenvalue weighted by Crippen LogP contribution is -2.26. The van der Waals surface area contributed by atoms with E-state index in [2.05, 4.69) is 0 Å². The van der Waals surface area contributed by atoms with Crippen LogP contribution < -0.4 is 0 Å². The van der Waals surface area contributed by atoms with Gasteiger partial charge in [-0.05, 0) is 12.0 Å². The van der Waals surface area contributed by atoms with E-state index in [-0.39, 0.29) is 0 Å². The lowest BCUT2D eigenvalue weighted by Gasteiger charge is -2.19. The normalized spacial score (nSPS) is 14.3. The molecule has 0 aliphatic rings. The smallest absolute Gasteiger partial charge is 0.315 e. The Balaban J connectivity index is 2.96. The highest BCUT2D eigenvalue weighted by Gasteiger charge is 2.27. The zero-order valence-electron chi connectivity index (χ0n) is 9.01. The Kier molecular flexibility index (Phi) is 4.31. The predicted octanol–water partition coefficient (Wildman–Crippen LogP) is 1.71. The fourth-order valence-corrected chi connectivity index (χ4v) is 1.54. The quantitative estimate of drug-likeness (QED) is 0.766. The number of ether oxygens (including phenoxy) is 1. The molecule has 1 aromatic rings. The summed E-state index contributed by atoms with van der Waals surface area (Å²) in [4.78, 5) is 11.5. The van der Waals surface area contributed by atoms with Crippen molar-refractivity contribution in [1.29, 1.82) is 0 Å². The van der Waals surface area contributed by atoms with Gasteiger partial charge in [0, 0.05) is 0 Å². The molecular weight excluding hydrogens is 192 g/mol. The van der Waals surface area contributed by atoms with Crippen LogP contribution in [0.4, 0.5) is 0 Å². The first-order valence-corrected chi connectivity index (χ1v) is 5.01. The maximum absolute atomic E-state index is 11.5. The van der Waals surface area contributed by atoms with Gasteiger partial charge in [0.15, 0.2) is 0 Å². The first-order valence-electron chi connectivity index (χ1n) is 5.01. The van der Waals surface area contributed by atoms with Crippen LogP contribution in [0.2, 0.25) is 0 Å². The number of rotatable bonds is 4. The van der Waals surface area contributed by atoms with E-state index in [1.165, 1.54) is 7.11 Å². The van der Waals surface area contributed by atoms with E-state index < -0.39 is 18.0 Å². The average molecular weight is 208 g/mol. The third-order valence-corrected chi connectivity index (χ3v) is 2.42. The molecule has 0 aliphatic heterocycles. The molecule has 0 aromatic heterocycles. The van der Waals surface area contributed by atoms with Crippen LogP contribution >= 0.6 is 0 Å². The lowest BCUT2D eigenvalue weighted by atomic mass is 9.92. The molecule has 0 unspecified atom stereocenters. The van der Waals surface area contributed by atoms with Gasteiger partial charge in [-0.3, -0.25) is 4.79 Å². The summed E-state index contributed by atoms with van der Waals surface area (Å²) in [6.45, 7) is 1.84. The summed E-state index contributed by atoms with van der Waals surface area (Å²) in [5.74, 6) is -0.975. The number of hydrogen-bond donors (Lipinski definition) is 1. The van der Waals surface area contributed by atoms with E-state index in [0.29, 0.717) is 6.42 Å². The van der Waals surface area contributed by atoms with E-state index >= 15 is 0 Å². The largest absolute Gasteiger partial charge is 0.468 e. The molecule has 2 atom stereocenters. The molecule has 0 heterocycles. The third kappa shape index (κ3) is 2.80. The summed E-state index contributed by atoms with van der Waals surface area (Å²) in [6, 6.07) is 9.19. The summed E-state index contributed by atoms with van der Waals surface area (Å²) in [5.41, 5.74) is 0.790. The van der Waals surface area contributed by atoms with Crippen LogP contribution in [0.1, 0.15) is 24.8 Å². The van der Waals surface area contributed by atoms with Gasteiger partial charge >= 0.3 is 5.97 Å². The zero-order valence-corrected chi connectivity index (χ0v) is 9.01. The molecule has 0 bridgehead atoms. The van der Waals surface area contributed by atoms with E-state index in [9.17, 15) is 9.90 Å². The maximum atomic E-state index is 11.5. The molecular formula is C12H16O3. The van der Waals surface area contributed by atoms with Crippen molar-refractivity contribution in [2.45, 2.75) is 25.4 Å². The van der Waals surface area contributed by atoms with Gasteiger partial charge in [-0.2, -0.15) is 0 Å². The first-order chi connectivity index (χ1) is 7.20. The van der Waals surface area contributed by atoms with Gasteiger partial charge in [0.05, 0.1) is 13.2 Å². The summed E-state index contributed by atoms with van der Waals surface area (Å²) < 4.78 is 4.69. The molecule has 1 rings (SSSR count). The number of benzene rings is 1. The van der Waals surface area contributed by atoms with Crippen LogP contribution in [0.5, 0.6) is 0 Å². The van der Waals surface area contributed by atoms with Crippen LogP contribution in [0.15, 0.2) is 30.3 Å². The molecule has 1 aromatic carbocycles. The van der Waals surface area contributed by atoms with Crippen LogP contribution in [0, 0.1) is 0 Å². The summed E-state index contributed by atoms with van der Waals surface area (Å²) in [7, 11) is 1.33. The van der Waals surface area contributed by atoms with Crippen molar-refractivity contribution in [3.63, 3.8) is 0 Å². The number of esters is 1. The molecule has 0 radical (unpaired) electrons. The first kappa shape index (κ1) is 11.7. The Morgan fingerprint density at radius 2 is 2.00 bits per heavy atom. The van der Waals surface area contributed by atoms with Crippen LogP contribution in [0.25, 0.3) is 0 Å². The van der Waals surface area contributed by atoms with Crippen molar-refractivity contribution in [2.24, 2.45) is 0 Å². The summed E-state index contributed by atoms with van der Waals surface area (Å²) in [5, 5.41) is 9.77. The van der Waals surface area contributed by atoms with E-state index in [0.717, 1.165) is 5.56 Å². The maximum Gasteiger partial charge on any atom is 0.315 e. The summed E-state index contributed by atoms with van der Waals surface area (Å²) >= 11 is 0. The number of carbonyl (C=O) groups is 1. The van der Waals surface area contributed by atoms with Gasteiger partial charge in [0.1, 0.15) is 5.92 Å². The molecule has 3 nitrogen and oxygen atoms in total. The van der Waals surface area contributed by atoms with Gasteiger partial charge in [-0.25, -0.2) is 0 Å². The number of carbonyl (C=O) groups excluding carboxylic acids is 1. The highest BCUT2D eigenvalue weighted by atomic mass is 16.5. The third-order valence-electron chi connectivity index (χ3n) is 2.42. The second-order valence-corrected chi connectivity index (χ2v) is 3.39.